The summed E-state index contributed by atoms with van der Waals surface area (Å²) in [6.45, 7) is 1.82. The number of alkyl halides is 3. The van der Waals surface area contributed by atoms with Crippen LogP contribution in [-0.4, -0.2) is 64.3 Å². The molecule has 170 valence electrons. The molecular formula is C22H24F3N5O2. The minimum atomic E-state index is -4.47. The molecule has 2 aliphatic heterocycles. The number of likely N-dealkylation sites (tertiary alicyclic amines) is 2. The van der Waals surface area contributed by atoms with Gasteiger partial charge in [0.15, 0.2) is 0 Å². The van der Waals surface area contributed by atoms with Gasteiger partial charge in [0.1, 0.15) is 6.42 Å². The van der Waals surface area contributed by atoms with Crippen molar-refractivity contribution in [3.8, 4) is 0 Å². The molecule has 0 aliphatic carbocycles. The third kappa shape index (κ3) is 5.35. The van der Waals surface area contributed by atoms with Gasteiger partial charge in [0.2, 0.25) is 5.91 Å². The molecule has 0 unspecified atom stereocenters. The van der Waals surface area contributed by atoms with Crippen LogP contribution >= 0.6 is 0 Å². The monoisotopic (exact) mass is 447 g/mol. The highest BCUT2D eigenvalue weighted by Crippen LogP contribution is 2.31. The Hall–Kier alpha value is -3.17. The summed E-state index contributed by atoms with van der Waals surface area (Å²) < 4.78 is 37.3. The Labute approximate surface area is 183 Å². The van der Waals surface area contributed by atoms with Crippen molar-refractivity contribution in [2.75, 3.05) is 31.5 Å². The van der Waals surface area contributed by atoms with Gasteiger partial charge >= 0.3 is 12.2 Å². The number of aromatic nitrogens is 2. The number of anilines is 1. The van der Waals surface area contributed by atoms with E-state index >= 15 is 0 Å². The number of rotatable bonds is 4. The molecule has 2 saturated heterocycles. The Bertz CT molecular complexity index is 938. The number of nitrogens with zero attached hydrogens (tertiary/aromatic N) is 4. The van der Waals surface area contributed by atoms with Crippen molar-refractivity contribution in [2.45, 2.75) is 37.3 Å². The predicted molar refractivity (Wildman–Crippen MR) is 111 cm³/mol. The van der Waals surface area contributed by atoms with Crippen LogP contribution in [0.4, 0.5) is 23.7 Å². The second-order valence-corrected chi connectivity index (χ2v) is 8.25. The number of amides is 3. The van der Waals surface area contributed by atoms with Gasteiger partial charge in [-0.2, -0.15) is 23.4 Å². The van der Waals surface area contributed by atoms with Gasteiger partial charge in [-0.25, -0.2) is 4.79 Å². The van der Waals surface area contributed by atoms with Crippen LogP contribution in [-0.2, 0) is 4.79 Å². The van der Waals surface area contributed by atoms with E-state index in [1.54, 1.807) is 11.1 Å². The third-order valence-corrected chi connectivity index (χ3v) is 6.01. The van der Waals surface area contributed by atoms with Crippen LogP contribution in [0.25, 0.3) is 0 Å². The van der Waals surface area contributed by atoms with E-state index in [-0.39, 0.29) is 17.9 Å². The quantitative estimate of drug-likeness (QED) is 0.774. The van der Waals surface area contributed by atoms with Crippen molar-refractivity contribution in [2.24, 2.45) is 0 Å². The highest BCUT2D eigenvalue weighted by atomic mass is 19.4. The van der Waals surface area contributed by atoms with Crippen molar-refractivity contribution >= 4 is 17.6 Å². The average molecular weight is 447 g/mol. The van der Waals surface area contributed by atoms with Gasteiger partial charge in [-0.05, 0) is 48.6 Å². The lowest BCUT2D eigenvalue weighted by atomic mass is 9.89. The molecule has 0 atom stereocenters. The minimum Gasteiger partial charge on any atom is -0.342 e. The van der Waals surface area contributed by atoms with E-state index in [4.69, 9.17) is 0 Å². The lowest BCUT2D eigenvalue weighted by Crippen LogP contribution is -2.50. The molecule has 3 amide bonds. The van der Waals surface area contributed by atoms with Crippen LogP contribution in [0.1, 0.15) is 42.4 Å². The fraction of sp³-hybridized carbons (Fsp3) is 0.455. The van der Waals surface area contributed by atoms with Crippen molar-refractivity contribution in [3.63, 3.8) is 0 Å². The van der Waals surface area contributed by atoms with Crippen molar-refractivity contribution in [1.82, 2.24) is 20.0 Å². The fourth-order valence-electron chi connectivity index (χ4n) is 4.15. The Morgan fingerprint density at radius 3 is 2.28 bits per heavy atom. The number of carbonyl (C=O) groups is 2. The molecule has 2 aromatic rings. The summed E-state index contributed by atoms with van der Waals surface area (Å²) in [5, 5.41) is 10.8. The van der Waals surface area contributed by atoms with E-state index in [0.29, 0.717) is 44.7 Å². The summed E-state index contributed by atoms with van der Waals surface area (Å²) in [6, 6.07) is 11.1. The number of benzene rings is 1. The molecule has 10 heteroatoms. The first kappa shape index (κ1) is 22.0. The van der Waals surface area contributed by atoms with E-state index in [9.17, 15) is 22.8 Å². The molecule has 0 saturated carbocycles. The van der Waals surface area contributed by atoms with Gasteiger partial charge in [-0.15, -0.1) is 0 Å². The van der Waals surface area contributed by atoms with Gasteiger partial charge in [0.05, 0.1) is 5.69 Å². The molecule has 4 rings (SSSR count). The number of hydrogen-bond donors (Lipinski definition) is 1. The second-order valence-electron chi connectivity index (χ2n) is 8.25. The maximum atomic E-state index is 12.4. The highest BCUT2D eigenvalue weighted by molar-refractivity contribution is 5.90. The lowest BCUT2D eigenvalue weighted by Gasteiger charge is -2.38. The first-order chi connectivity index (χ1) is 15.3. The van der Waals surface area contributed by atoms with Gasteiger partial charge < -0.3 is 15.1 Å². The number of piperidine rings is 1. The number of nitrogens with one attached hydrogen (secondary N) is 1. The predicted octanol–water partition coefficient (Wildman–Crippen LogP) is 3.77. The van der Waals surface area contributed by atoms with E-state index < -0.39 is 18.5 Å². The third-order valence-electron chi connectivity index (χ3n) is 6.01. The smallest absolute Gasteiger partial charge is 0.342 e. The fourth-order valence-corrected chi connectivity index (χ4v) is 4.15. The Balaban J connectivity index is 1.24. The van der Waals surface area contributed by atoms with Crippen LogP contribution in [0.5, 0.6) is 0 Å². The molecule has 0 bridgehead atoms. The largest absolute Gasteiger partial charge is 0.397 e. The summed E-state index contributed by atoms with van der Waals surface area (Å²) in [5.74, 6) is -0.481. The molecule has 3 heterocycles. The van der Waals surface area contributed by atoms with Gasteiger partial charge in [0, 0.05) is 44.0 Å². The number of urea groups is 1. The lowest BCUT2D eigenvalue weighted by molar-refractivity contribution is -0.162. The summed E-state index contributed by atoms with van der Waals surface area (Å²) in [7, 11) is 0. The van der Waals surface area contributed by atoms with Gasteiger partial charge in [-0.1, -0.05) is 12.1 Å². The standard InChI is InChI=1S/C22H24F3N5O2/c23-22(24,25)12-20(31)29-10-7-16(8-11-29)15-3-5-18(6-4-15)27-21(32)30-13-17(14-30)19-2-1-9-26-28-19/h1-6,9,16-17H,7-8,10-14H2,(H,27,32). The van der Waals surface area contributed by atoms with Crippen LogP contribution in [0.15, 0.2) is 42.6 Å². The zero-order valence-electron chi connectivity index (χ0n) is 17.4. The molecular weight excluding hydrogens is 423 g/mol. The Kier molecular flexibility index (Phi) is 6.29. The van der Waals surface area contributed by atoms with E-state index in [2.05, 4.69) is 15.5 Å². The molecule has 1 N–H and O–H groups in total. The normalized spacial score (nSPS) is 17.7. The number of hydrogen-bond acceptors (Lipinski definition) is 4. The zero-order valence-corrected chi connectivity index (χ0v) is 17.4. The van der Waals surface area contributed by atoms with Crippen LogP contribution in [0, 0.1) is 0 Å². The van der Waals surface area contributed by atoms with Crippen molar-refractivity contribution in [1.29, 1.82) is 0 Å². The van der Waals surface area contributed by atoms with Gasteiger partial charge in [-0.3, -0.25) is 4.79 Å². The van der Waals surface area contributed by atoms with Crippen molar-refractivity contribution < 1.29 is 22.8 Å². The van der Waals surface area contributed by atoms with Crippen molar-refractivity contribution in [3.05, 3.63) is 53.9 Å². The molecule has 2 aliphatic rings. The van der Waals surface area contributed by atoms with Crippen LogP contribution in [0.3, 0.4) is 0 Å². The maximum absolute atomic E-state index is 12.4. The summed E-state index contributed by atoms with van der Waals surface area (Å²) in [4.78, 5) is 27.2. The summed E-state index contributed by atoms with van der Waals surface area (Å²) >= 11 is 0. The second kappa shape index (κ2) is 9.13. The van der Waals surface area contributed by atoms with E-state index in [1.807, 2.05) is 36.4 Å². The van der Waals surface area contributed by atoms with E-state index in [1.165, 1.54) is 4.90 Å². The first-order valence-corrected chi connectivity index (χ1v) is 10.6. The molecule has 1 aromatic carbocycles. The first-order valence-electron chi connectivity index (χ1n) is 10.6. The molecule has 7 nitrogen and oxygen atoms in total. The topological polar surface area (TPSA) is 78.4 Å². The van der Waals surface area contributed by atoms with Crippen LogP contribution in [0.2, 0.25) is 0 Å². The zero-order chi connectivity index (χ0) is 22.7. The summed E-state index contributed by atoms with van der Waals surface area (Å²) in [6.07, 6.45) is -3.02. The molecule has 2 fully saturated rings. The Morgan fingerprint density at radius 2 is 1.69 bits per heavy atom. The summed E-state index contributed by atoms with van der Waals surface area (Å²) in [5.41, 5.74) is 2.61. The molecule has 0 spiro atoms. The molecule has 1 aromatic heterocycles. The van der Waals surface area contributed by atoms with Crippen LogP contribution < -0.4 is 5.32 Å². The highest BCUT2D eigenvalue weighted by Gasteiger charge is 2.35. The average Bonchev–Trinajstić information content (AvgIpc) is 2.73. The Morgan fingerprint density at radius 1 is 1.00 bits per heavy atom. The molecule has 32 heavy (non-hydrogen) atoms. The minimum absolute atomic E-state index is 0.172. The molecule has 0 radical (unpaired) electrons. The number of carbonyl (C=O) groups excluding carboxylic acids is 2. The van der Waals surface area contributed by atoms with E-state index in [0.717, 1.165) is 11.3 Å². The SMILES string of the molecule is O=C(CC(F)(F)F)N1CCC(c2ccc(NC(=O)N3CC(c4cccnn4)C3)cc2)CC1. The number of halogens is 3. The maximum Gasteiger partial charge on any atom is 0.397 e. The van der Waals surface area contributed by atoms with Gasteiger partial charge in [0.25, 0.3) is 0 Å².